The van der Waals surface area contributed by atoms with E-state index in [4.69, 9.17) is 14.1 Å². The molecule has 2 aromatic carbocycles. The summed E-state index contributed by atoms with van der Waals surface area (Å²) in [4.78, 5) is 4.77. The number of oxazole rings is 1. The molecular formula is C20H21NO2. The maximum atomic E-state index is 6.14. The van der Waals surface area contributed by atoms with Gasteiger partial charge in [-0.05, 0) is 24.3 Å². The van der Waals surface area contributed by atoms with Crippen LogP contribution < -0.4 is 4.74 Å². The Morgan fingerprint density at radius 2 is 1.52 bits per heavy atom. The summed E-state index contributed by atoms with van der Waals surface area (Å²) >= 11 is 0. The summed E-state index contributed by atoms with van der Waals surface area (Å²) < 4.78 is 11.3. The Morgan fingerprint density at radius 1 is 0.870 bits per heavy atom. The molecule has 0 atom stereocenters. The molecule has 23 heavy (non-hydrogen) atoms. The van der Waals surface area contributed by atoms with E-state index in [1.165, 1.54) is 0 Å². The molecule has 1 aromatic heterocycles. The van der Waals surface area contributed by atoms with Crippen molar-refractivity contribution >= 4 is 0 Å². The van der Waals surface area contributed by atoms with Crippen LogP contribution in [0.4, 0.5) is 0 Å². The predicted molar refractivity (Wildman–Crippen MR) is 92.6 cm³/mol. The van der Waals surface area contributed by atoms with Crippen molar-refractivity contribution in [2.75, 3.05) is 7.11 Å². The summed E-state index contributed by atoms with van der Waals surface area (Å²) in [6.07, 6.45) is 0. The zero-order valence-corrected chi connectivity index (χ0v) is 14.0. The van der Waals surface area contributed by atoms with Gasteiger partial charge < -0.3 is 9.15 Å². The molecule has 0 aliphatic heterocycles. The van der Waals surface area contributed by atoms with Crippen molar-refractivity contribution in [3.63, 3.8) is 0 Å². The molecule has 0 N–H and O–H groups in total. The third-order valence-corrected chi connectivity index (χ3v) is 3.69. The Morgan fingerprint density at radius 3 is 2.09 bits per heavy atom. The van der Waals surface area contributed by atoms with Crippen molar-refractivity contribution in [1.29, 1.82) is 0 Å². The van der Waals surface area contributed by atoms with Gasteiger partial charge >= 0.3 is 0 Å². The molecule has 0 spiro atoms. The highest BCUT2D eigenvalue weighted by atomic mass is 16.5. The molecule has 3 nitrogen and oxygen atoms in total. The molecule has 3 rings (SSSR count). The summed E-state index contributed by atoms with van der Waals surface area (Å²) in [5.41, 5.74) is 2.80. The van der Waals surface area contributed by atoms with E-state index in [2.05, 4.69) is 32.9 Å². The highest BCUT2D eigenvalue weighted by Gasteiger charge is 2.26. The van der Waals surface area contributed by atoms with E-state index in [1.54, 1.807) is 7.11 Å². The number of aromatic nitrogens is 1. The van der Waals surface area contributed by atoms with E-state index in [0.29, 0.717) is 5.89 Å². The Hall–Kier alpha value is -2.55. The minimum Gasteiger partial charge on any atom is -0.497 e. The number of nitrogens with zero attached hydrogens (tertiary/aromatic N) is 1. The van der Waals surface area contributed by atoms with Crippen molar-refractivity contribution in [1.82, 2.24) is 4.98 Å². The fourth-order valence-corrected chi connectivity index (χ4v) is 2.48. The van der Waals surface area contributed by atoms with Gasteiger partial charge in [-0.25, -0.2) is 4.98 Å². The normalized spacial score (nSPS) is 11.5. The van der Waals surface area contributed by atoms with Crippen LogP contribution in [0.1, 0.15) is 26.5 Å². The van der Waals surface area contributed by atoms with Gasteiger partial charge in [0.1, 0.15) is 17.2 Å². The smallest absolute Gasteiger partial charge is 0.226 e. The van der Waals surface area contributed by atoms with Gasteiger partial charge in [0, 0.05) is 16.5 Å². The molecule has 0 radical (unpaired) electrons. The van der Waals surface area contributed by atoms with Crippen LogP contribution >= 0.6 is 0 Å². The third kappa shape index (κ3) is 3.14. The average molecular weight is 307 g/mol. The van der Waals surface area contributed by atoms with Gasteiger partial charge in [0.05, 0.1) is 7.11 Å². The van der Waals surface area contributed by atoms with Crippen molar-refractivity contribution in [2.45, 2.75) is 26.2 Å². The molecule has 0 bridgehead atoms. The molecule has 0 aliphatic rings. The topological polar surface area (TPSA) is 35.3 Å². The molecule has 0 aliphatic carbocycles. The lowest BCUT2D eigenvalue weighted by Gasteiger charge is -2.16. The summed E-state index contributed by atoms with van der Waals surface area (Å²) in [5, 5.41) is 0. The molecule has 0 unspecified atom stereocenters. The van der Waals surface area contributed by atoms with Gasteiger partial charge in [-0.15, -0.1) is 0 Å². The second-order valence-electron chi connectivity index (χ2n) is 6.54. The highest BCUT2D eigenvalue weighted by molar-refractivity contribution is 5.66. The first-order chi connectivity index (χ1) is 11.0. The monoisotopic (exact) mass is 307 g/mol. The number of ether oxygens (including phenoxy) is 1. The zero-order valence-electron chi connectivity index (χ0n) is 14.0. The third-order valence-electron chi connectivity index (χ3n) is 3.69. The summed E-state index contributed by atoms with van der Waals surface area (Å²) in [5.74, 6) is 2.35. The van der Waals surface area contributed by atoms with Gasteiger partial charge in [-0.3, -0.25) is 0 Å². The van der Waals surface area contributed by atoms with Crippen molar-refractivity contribution in [3.8, 4) is 28.5 Å². The van der Waals surface area contributed by atoms with E-state index in [0.717, 1.165) is 28.3 Å². The first kappa shape index (κ1) is 15.3. The van der Waals surface area contributed by atoms with Gasteiger partial charge in [-0.2, -0.15) is 0 Å². The molecule has 3 aromatic rings. The number of rotatable bonds is 3. The van der Waals surface area contributed by atoms with E-state index in [9.17, 15) is 0 Å². The molecule has 0 amide bonds. The maximum Gasteiger partial charge on any atom is 0.226 e. The Balaban J connectivity index is 2.11. The van der Waals surface area contributed by atoms with Gasteiger partial charge in [0.25, 0.3) is 0 Å². The summed E-state index contributed by atoms with van der Waals surface area (Å²) in [6.45, 7) is 6.41. The van der Waals surface area contributed by atoms with Gasteiger partial charge in [0.15, 0.2) is 0 Å². The highest BCUT2D eigenvalue weighted by Crippen LogP contribution is 2.36. The predicted octanol–water partition coefficient (Wildman–Crippen LogP) is 5.31. The van der Waals surface area contributed by atoms with E-state index >= 15 is 0 Å². The Labute approximate surface area is 136 Å². The van der Waals surface area contributed by atoms with Crippen LogP contribution in [0.15, 0.2) is 59.0 Å². The zero-order chi connectivity index (χ0) is 16.4. The Bertz CT molecular complexity index is 781. The second kappa shape index (κ2) is 5.92. The summed E-state index contributed by atoms with van der Waals surface area (Å²) in [7, 11) is 1.66. The maximum absolute atomic E-state index is 6.14. The lowest BCUT2D eigenvalue weighted by atomic mass is 9.90. The standard InChI is InChI=1S/C20H21NO2/c1-20(2,3)18-17(14-8-6-5-7-9-14)21-19(23-18)15-10-12-16(22-4)13-11-15/h5-13H,1-4H3. The molecule has 0 fully saturated rings. The largest absolute Gasteiger partial charge is 0.497 e. The van der Waals surface area contributed by atoms with Crippen LogP contribution in [-0.2, 0) is 5.41 Å². The SMILES string of the molecule is COc1ccc(-c2nc(-c3ccccc3)c(C(C)(C)C)o2)cc1. The van der Waals surface area contributed by atoms with Crippen LogP contribution in [0.5, 0.6) is 5.75 Å². The molecule has 0 saturated carbocycles. The number of benzene rings is 2. The number of hydrogen-bond donors (Lipinski definition) is 0. The lowest BCUT2D eigenvalue weighted by Crippen LogP contribution is -2.11. The van der Waals surface area contributed by atoms with Crippen LogP contribution in [-0.4, -0.2) is 12.1 Å². The first-order valence-corrected chi connectivity index (χ1v) is 7.70. The van der Waals surface area contributed by atoms with Crippen LogP contribution in [0, 0.1) is 0 Å². The fourth-order valence-electron chi connectivity index (χ4n) is 2.48. The van der Waals surface area contributed by atoms with Crippen LogP contribution in [0.2, 0.25) is 0 Å². The van der Waals surface area contributed by atoms with Gasteiger partial charge in [-0.1, -0.05) is 51.1 Å². The molecule has 0 saturated heterocycles. The van der Waals surface area contributed by atoms with E-state index in [-0.39, 0.29) is 5.41 Å². The fraction of sp³-hybridized carbons (Fsp3) is 0.250. The molecule has 1 heterocycles. The lowest BCUT2D eigenvalue weighted by molar-refractivity contribution is 0.413. The number of methoxy groups -OCH3 is 1. The van der Waals surface area contributed by atoms with Crippen LogP contribution in [0.25, 0.3) is 22.7 Å². The van der Waals surface area contributed by atoms with Crippen LogP contribution in [0.3, 0.4) is 0 Å². The minimum atomic E-state index is -0.122. The van der Waals surface area contributed by atoms with E-state index in [1.807, 2.05) is 42.5 Å². The quantitative estimate of drug-likeness (QED) is 0.657. The van der Waals surface area contributed by atoms with E-state index < -0.39 is 0 Å². The first-order valence-electron chi connectivity index (χ1n) is 7.70. The number of hydrogen-bond acceptors (Lipinski definition) is 3. The summed E-state index contributed by atoms with van der Waals surface area (Å²) in [6, 6.07) is 17.9. The minimum absolute atomic E-state index is 0.122. The Kier molecular flexibility index (Phi) is 3.95. The van der Waals surface area contributed by atoms with Crippen molar-refractivity contribution in [2.24, 2.45) is 0 Å². The molecule has 118 valence electrons. The molecular weight excluding hydrogens is 286 g/mol. The molecule has 3 heteroatoms. The van der Waals surface area contributed by atoms with Crippen molar-refractivity contribution in [3.05, 3.63) is 60.4 Å². The average Bonchev–Trinajstić information content (AvgIpc) is 3.01. The van der Waals surface area contributed by atoms with Crippen molar-refractivity contribution < 1.29 is 9.15 Å². The second-order valence-corrected chi connectivity index (χ2v) is 6.54. The van der Waals surface area contributed by atoms with Gasteiger partial charge in [0.2, 0.25) is 5.89 Å².